The Morgan fingerprint density at radius 2 is 2.25 bits per heavy atom. The summed E-state index contributed by atoms with van der Waals surface area (Å²) in [5, 5.41) is -0.202. The second kappa shape index (κ2) is 3.87. The molecule has 0 bridgehead atoms. The largest absolute Gasteiger partial charge is 0.276 e. The molecule has 0 aliphatic rings. The zero-order chi connectivity index (χ0) is 9.14. The Hall–Kier alpha value is -0.600. The Morgan fingerprint density at radius 3 is 2.75 bits per heavy atom. The van der Waals surface area contributed by atoms with Gasteiger partial charge in [-0.05, 0) is 30.2 Å². The molecule has 0 saturated carbocycles. The van der Waals surface area contributed by atoms with Crippen LogP contribution in [0.25, 0.3) is 0 Å². The van der Waals surface area contributed by atoms with Crippen molar-refractivity contribution in [2.75, 3.05) is 0 Å². The first-order valence-corrected chi connectivity index (χ1v) is 4.25. The lowest BCUT2D eigenvalue weighted by Crippen LogP contribution is -1.94. The van der Waals surface area contributed by atoms with E-state index < -0.39 is 5.24 Å². The van der Waals surface area contributed by atoms with Gasteiger partial charge in [0.2, 0.25) is 0 Å². The second-order valence-electron chi connectivity index (χ2n) is 2.30. The first-order valence-electron chi connectivity index (χ1n) is 3.49. The topological polar surface area (TPSA) is 30.0 Å². The van der Waals surface area contributed by atoms with Gasteiger partial charge in [-0.15, -0.1) is 0 Å². The molecule has 0 N–H and O–H groups in total. The Morgan fingerprint density at radius 1 is 1.58 bits per heavy atom. The number of nitrogens with zero attached hydrogens (tertiary/aromatic N) is 1. The molecule has 2 nitrogen and oxygen atoms in total. The van der Waals surface area contributed by atoms with Gasteiger partial charge in [0.1, 0.15) is 5.15 Å². The third-order valence-corrected chi connectivity index (χ3v) is 1.85. The van der Waals surface area contributed by atoms with Crippen LogP contribution in [-0.4, -0.2) is 10.2 Å². The smallest absolute Gasteiger partial charge is 0.252 e. The van der Waals surface area contributed by atoms with Crippen molar-refractivity contribution in [2.45, 2.75) is 13.3 Å². The lowest BCUT2D eigenvalue weighted by atomic mass is 10.2. The highest BCUT2D eigenvalue weighted by molar-refractivity contribution is 6.67. The lowest BCUT2D eigenvalue weighted by Gasteiger charge is -1.99. The molecule has 0 aliphatic carbocycles. The number of carbonyl (C=O) groups excluding carboxylic acids is 1. The average molecular weight is 204 g/mol. The molecule has 1 rings (SSSR count). The van der Waals surface area contributed by atoms with E-state index in [-0.39, 0.29) is 0 Å². The molecule has 0 fully saturated rings. The van der Waals surface area contributed by atoms with Crippen LogP contribution in [0.2, 0.25) is 5.15 Å². The number of aromatic nitrogens is 1. The molecule has 4 heteroatoms. The molecule has 0 saturated heterocycles. The van der Waals surface area contributed by atoms with Gasteiger partial charge in [-0.1, -0.05) is 18.5 Å². The van der Waals surface area contributed by atoms with Crippen LogP contribution in [0.4, 0.5) is 0 Å². The molecule has 0 aliphatic heterocycles. The molecule has 0 unspecified atom stereocenters. The maximum atomic E-state index is 10.7. The molecular formula is C8H7Cl2NO. The predicted octanol–water partition coefficient (Wildman–Crippen LogP) is 2.68. The summed E-state index contributed by atoms with van der Waals surface area (Å²) in [4.78, 5) is 14.7. The lowest BCUT2D eigenvalue weighted by molar-refractivity contribution is 0.108. The first-order chi connectivity index (χ1) is 5.63. The maximum Gasteiger partial charge on any atom is 0.252 e. The Kier molecular flexibility index (Phi) is 3.06. The van der Waals surface area contributed by atoms with Crippen LogP contribution in [0.1, 0.15) is 23.0 Å². The molecule has 64 valence electrons. The van der Waals surface area contributed by atoms with E-state index in [2.05, 4.69) is 4.98 Å². The van der Waals surface area contributed by atoms with Crippen molar-refractivity contribution in [2.24, 2.45) is 0 Å². The summed E-state index contributed by atoms with van der Waals surface area (Å²) in [7, 11) is 0. The van der Waals surface area contributed by atoms with Gasteiger partial charge in [0.15, 0.2) is 0 Å². The number of pyridine rings is 1. The molecule has 0 spiro atoms. The van der Waals surface area contributed by atoms with Gasteiger partial charge in [-0.2, -0.15) is 0 Å². The van der Waals surface area contributed by atoms with Crippen molar-refractivity contribution in [1.29, 1.82) is 0 Å². The molecule has 1 aromatic heterocycles. The van der Waals surface area contributed by atoms with E-state index in [1.807, 2.05) is 6.92 Å². The minimum Gasteiger partial charge on any atom is -0.276 e. The molecule has 0 aromatic carbocycles. The summed E-state index contributed by atoms with van der Waals surface area (Å²) < 4.78 is 0. The van der Waals surface area contributed by atoms with Gasteiger partial charge < -0.3 is 0 Å². The number of aryl methyl sites for hydroxylation is 1. The van der Waals surface area contributed by atoms with E-state index in [0.717, 1.165) is 12.1 Å². The van der Waals surface area contributed by atoms with Gasteiger partial charge in [-0.25, -0.2) is 4.98 Å². The summed E-state index contributed by atoms with van der Waals surface area (Å²) in [6.45, 7) is 1.93. The van der Waals surface area contributed by atoms with Crippen LogP contribution < -0.4 is 0 Å². The van der Waals surface area contributed by atoms with Crippen LogP contribution >= 0.6 is 23.2 Å². The molecule has 0 radical (unpaired) electrons. The number of halogens is 2. The summed E-state index contributed by atoms with van der Waals surface area (Å²) in [6, 6.07) is 3.09. The zero-order valence-corrected chi connectivity index (χ0v) is 7.99. The summed E-state index contributed by atoms with van der Waals surface area (Å²) in [5.41, 5.74) is 1.17. The zero-order valence-electron chi connectivity index (χ0n) is 6.47. The van der Waals surface area contributed by atoms with Crippen molar-refractivity contribution in [3.63, 3.8) is 0 Å². The van der Waals surface area contributed by atoms with Crippen molar-refractivity contribution in [3.05, 3.63) is 28.5 Å². The third-order valence-electron chi connectivity index (χ3n) is 1.44. The minimum absolute atomic E-state index is 0.304. The van der Waals surface area contributed by atoms with Crippen LogP contribution in [0, 0.1) is 0 Å². The van der Waals surface area contributed by atoms with Gasteiger partial charge in [0.25, 0.3) is 5.24 Å². The Labute approximate surface area is 80.5 Å². The highest BCUT2D eigenvalue weighted by Gasteiger charge is 2.04. The van der Waals surface area contributed by atoms with E-state index in [1.54, 1.807) is 6.07 Å². The SMILES string of the molecule is CCc1cc(C(=O)Cl)cc(Cl)n1. The Balaban J connectivity index is 3.15. The molecule has 1 heterocycles. The van der Waals surface area contributed by atoms with Crippen molar-refractivity contribution in [1.82, 2.24) is 4.98 Å². The van der Waals surface area contributed by atoms with Gasteiger partial charge in [-0.3, -0.25) is 4.79 Å². The molecule has 0 amide bonds. The number of hydrogen-bond acceptors (Lipinski definition) is 2. The highest BCUT2D eigenvalue weighted by Crippen LogP contribution is 2.13. The normalized spacial score (nSPS) is 9.92. The third kappa shape index (κ3) is 2.19. The van der Waals surface area contributed by atoms with E-state index in [0.29, 0.717) is 10.7 Å². The van der Waals surface area contributed by atoms with Crippen molar-refractivity contribution < 1.29 is 4.79 Å². The second-order valence-corrected chi connectivity index (χ2v) is 3.03. The van der Waals surface area contributed by atoms with Gasteiger partial charge in [0.05, 0.1) is 0 Å². The van der Waals surface area contributed by atoms with Gasteiger partial charge in [0, 0.05) is 11.3 Å². The van der Waals surface area contributed by atoms with Crippen LogP contribution in [0.15, 0.2) is 12.1 Å². The molecule has 1 aromatic rings. The predicted molar refractivity (Wildman–Crippen MR) is 48.8 cm³/mol. The van der Waals surface area contributed by atoms with E-state index in [4.69, 9.17) is 23.2 Å². The quantitative estimate of drug-likeness (QED) is 0.547. The fourth-order valence-corrected chi connectivity index (χ4v) is 1.18. The number of hydrogen-bond donors (Lipinski definition) is 0. The number of rotatable bonds is 2. The van der Waals surface area contributed by atoms with E-state index in [9.17, 15) is 4.79 Å². The fourth-order valence-electron chi connectivity index (χ4n) is 0.846. The maximum absolute atomic E-state index is 10.7. The molecular weight excluding hydrogens is 197 g/mol. The average Bonchev–Trinajstić information content (AvgIpc) is 2.03. The van der Waals surface area contributed by atoms with Crippen LogP contribution in [0.5, 0.6) is 0 Å². The monoisotopic (exact) mass is 203 g/mol. The van der Waals surface area contributed by atoms with Crippen molar-refractivity contribution in [3.8, 4) is 0 Å². The van der Waals surface area contributed by atoms with Crippen LogP contribution in [0.3, 0.4) is 0 Å². The fraction of sp³-hybridized carbons (Fsp3) is 0.250. The van der Waals surface area contributed by atoms with Crippen LogP contribution in [-0.2, 0) is 6.42 Å². The highest BCUT2D eigenvalue weighted by atomic mass is 35.5. The summed E-state index contributed by atoms with van der Waals surface area (Å²) in [6.07, 6.45) is 0.734. The van der Waals surface area contributed by atoms with Crippen molar-refractivity contribution >= 4 is 28.4 Å². The first kappa shape index (κ1) is 9.49. The van der Waals surface area contributed by atoms with Gasteiger partial charge >= 0.3 is 0 Å². The van der Waals surface area contributed by atoms with E-state index in [1.165, 1.54) is 6.07 Å². The number of carbonyl (C=O) groups is 1. The standard InChI is InChI=1S/C8H7Cl2NO/c1-2-6-3-5(8(10)12)4-7(9)11-6/h3-4H,2H2,1H3. The summed E-state index contributed by atoms with van der Waals surface area (Å²) in [5.74, 6) is 0. The molecule has 0 atom stereocenters. The Bertz CT molecular complexity index is 312. The minimum atomic E-state index is -0.506. The molecule has 12 heavy (non-hydrogen) atoms. The summed E-state index contributed by atoms with van der Waals surface area (Å²) >= 11 is 10.9. The van der Waals surface area contributed by atoms with E-state index >= 15 is 0 Å².